The first kappa shape index (κ1) is 18.1. The van der Waals surface area contributed by atoms with Crippen molar-refractivity contribution < 1.29 is 4.79 Å². The Morgan fingerprint density at radius 3 is 2.50 bits per heavy atom. The summed E-state index contributed by atoms with van der Waals surface area (Å²) in [6, 6.07) is 15.1. The Kier molecular flexibility index (Phi) is 4.75. The van der Waals surface area contributed by atoms with Gasteiger partial charge in [-0.15, -0.1) is 11.3 Å². The van der Waals surface area contributed by atoms with Crippen molar-refractivity contribution in [2.24, 2.45) is 0 Å². The number of H-pyrrole nitrogens is 1. The summed E-state index contributed by atoms with van der Waals surface area (Å²) in [5.74, 6) is 0.0578. The van der Waals surface area contributed by atoms with Crippen molar-refractivity contribution in [2.45, 2.75) is 19.8 Å². The van der Waals surface area contributed by atoms with Gasteiger partial charge in [0.1, 0.15) is 0 Å². The third-order valence-corrected chi connectivity index (χ3v) is 5.27. The lowest BCUT2D eigenvalue weighted by atomic mass is 10.0. The maximum Gasteiger partial charge on any atom is 0.278 e. The van der Waals surface area contributed by atoms with Crippen molar-refractivity contribution in [3.63, 3.8) is 0 Å². The molecule has 7 heteroatoms. The molecule has 2 N–H and O–H groups in total. The predicted octanol–water partition coefficient (Wildman–Crippen LogP) is 4.42. The summed E-state index contributed by atoms with van der Waals surface area (Å²) in [6.45, 7) is 4.31. The number of carbonyl (C=O) groups excluding carboxylic acids is 1. The van der Waals surface area contributed by atoms with Gasteiger partial charge in [0, 0.05) is 16.3 Å². The van der Waals surface area contributed by atoms with Gasteiger partial charge in [-0.25, -0.2) is 10.1 Å². The predicted molar refractivity (Wildman–Crippen MR) is 112 cm³/mol. The summed E-state index contributed by atoms with van der Waals surface area (Å²) in [6.07, 6.45) is 0. The van der Waals surface area contributed by atoms with Gasteiger partial charge < -0.3 is 0 Å². The van der Waals surface area contributed by atoms with E-state index in [2.05, 4.69) is 46.5 Å². The second-order valence-electron chi connectivity index (χ2n) is 6.72. The van der Waals surface area contributed by atoms with Crippen molar-refractivity contribution >= 4 is 33.1 Å². The molecule has 0 unspecified atom stereocenters. The van der Waals surface area contributed by atoms with Gasteiger partial charge in [-0.3, -0.25) is 14.9 Å². The molecule has 4 aromatic rings. The van der Waals surface area contributed by atoms with E-state index < -0.39 is 5.91 Å². The van der Waals surface area contributed by atoms with E-state index in [4.69, 9.17) is 0 Å². The molecule has 2 aromatic carbocycles. The molecular weight excluding hydrogens is 372 g/mol. The fraction of sp³-hybridized carbons (Fsp3) is 0.143. The smallest absolute Gasteiger partial charge is 0.278 e. The number of benzene rings is 2. The topological polar surface area (TPSA) is 87.7 Å². The summed E-state index contributed by atoms with van der Waals surface area (Å²) in [4.78, 5) is 29.1. The molecule has 0 fully saturated rings. The van der Waals surface area contributed by atoms with Gasteiger partial charge in [0.05, 0.1) is 11.1 Å². The van der Waals surface area contributed by atoms with E-state index in [1.807, 2.05) is 17.5 Å². The Hall–Kier alpha value is -3.32. The van der Waals surface area contributed by atoms with E-state index in [-0.39, 0.29) is 11.3 Å². The van der Waals surface area contributed by atoms with E-state index in [9.17, 15) is 9.59 Å². The molecule has 0 aliphatic carbocycles. The molecule has 0 bridgehead atoms. The number of thiazole rings is 1. The Morgan fingerprint density at radius 1 is 1.07 bits per heavy atom. The van der Waals surface area contributed by atoms with Crippen LogP contribution in [-0.4, -0.2) is 21.1 Å². The number of nitrogens with one attached hydrogen (secondary N) is 2. The fourth-order valence-electron chi connectivity index (χ4n) is 2.95. The molecule has 28 heavy (non-hydrogen) atoms. The van der Waals surface area contributed by atoms with E-state index in [0.29, 0.717) is 21.8 Å². The van der Waals surface area contributed by atoms with E-state index in [1.165, 1.54) is 16.9 Å². The summed E-state index contributed by atoms with van der Waals surface area (Å²) in [7, 11) is 0. The van der Waals surface area contributed by atoms with Crippen molar-refractivity contribution in [1.29, 1.82) is 0 Å². The minimum atomic E-state index is -0.413. The lowest BCUT2D eigenvalue weighted by Crippen LogP contribution is -2.19. The van der Waals surface area contributed by atoms with Gasteiger partial charge in [0.25, 0.3) is 11.5 Å². The van der Waals surface area contributed by atoms with Crippen LogP contribution in [0.15, 0.2) is 58.7 Å². The molecule has 1 amide bonds. The zero-order valence-electron chi connectivity index (χ0n) is 15.4. The molecule has 0 spiro atoms. The zero-order valence-corrected chi connectivity index (χ0v) is 16.2. The van der Waals surface area contributed by atoms with Crippen LogP contribution >= 0.6 is 11.3 Å². The number of amides is 1. The van der Waals surface area contributed by atoms with Crippen molar-refractivity contribution in [1.82, 2.24) is 15.2 Å². The second kappa shape index (κ2) is 7.36. The first-order chi connectivity index (χ1) is 13.5. The third kappa shape index (κ3) is 3.44. The highest BCUT2D eigenvalue weighted by molar-refractivity contribution is 7.14. The highest BCUT2D eigenvalue weighted by Crippen LogP contribution is 2.27. The average Bonchev–Trinajstić information content (AvgIpc) is 3.17. The van der Waals surface area contributed by atoms with Crippen LogP contribution in [0.2, 0.25) is 0 Å². The zero-order chi connectivity index (χ0) is 19.7. The molecule has 0 aliphatic heterocycles. The molecule has 6 nitrogen and oxygen atoms in total. The Balaban J connectivity index is 1.58. The fourth-order valence-corrected chi connectivity index (χ4v) is 3.66. The van der Waals surface area contributed by atoms with Crippen LogP contribution in [0.1, 0.15) is 35.8 Å². The van der Waals surface area contributed by atoms with Crippen LogP contribution in [-0.2, 0) is 0 Å². The molecule has 4 rings (SSSR count). The Labute approximate surface area is 165 Å². The van der Waals surface area contributed by atoms with E-state index in [0.717, 1.165) is 11.3 Å². The Bertz CT molecular complexity index is 1210. The largest absolute Gasteiger partial charge is 0.296 e. The van der Waals surface area contributed by atoms with Crippen molar-refractivity contribution in [2.75, 3.05) is 5.32 Å². The number of carbonyl (C=O) groups is 1. The molecular formula is C21H18N4O2S. The maximum atomic E-state index is 12.7. The summed E-state index contributed by atoms with van der Waals surface area (Å²) >= 11 is 1.34. The van der Waals surface area contributed by atoms with E-state index in [1.54, 1.807) is 24.3 Å². The van der Waals surface area contributed by atoms with Gasteiger partial charge in [-0.2, -0.15) is 5.10 Å². The van der Waals surface area contributed by atoms with Crippen molar-refractivity contribution in [3.8, 4) is 11.3 Å². The third-order valence-electron chi connectivity index (χ3n) is 4.51. The first-order valence-corrected chi connectivity index (χ1v) is 9.75. The first-order valence-electron chi connectivity index (χ1n) is 8.87. The number of hydrogen-bond donors (Lipinski definition) is 2. The molecule has 0 atom stereocenters. The minimum Gasteiger partial charge on any atom is -0.296 e. The second-order valence-corrected chi connectivity index (χ2v) is 7.57. The summed E-state index contributed by atoms with van der Waals surface area (Å²) in [5.41, 5.74) is 2.90. The van der Waals surface area contributed by atoms with Gasteiger partial charge >= 0.3 is 0 Å². The van der Waals surface area contributed by atoms with Crippen LogP contribution in [0.25, 0.3) is 22.0 Å². The molecule has 0 aliphatic rings. The van der Waals surface area contributed by atoms with E-state index >= 15 is 0 Å². The number of hydrogen-bond acceptors (Lipinski definition) is 5. The number of rotatable bonds is 4. The highest BCUT2D eigenvalue weighted by Gasteiger charge is 2.16. The van der Waals surface area contributed by atoms with Crippen LogP contribution in [0.3, 0.4) is 0 Å². The molecule has 2 aromatic heterocycles. The Morgan fingerprint density at radius 2 is 1.79 bits per heavy atom. The molecule has 140 valence electrons. The average molecular weight is 390 g/mol. The van der Waals surface area contributed by atoms with Crippen LogP contribution < -0.4 is 10.9 Å². The quantitative estimate of drug-likeness (QED) is 0.540. The minimum absolute atomic E-state index is 0.160. The SMILES string of the molecule is CC(C)c1ccc(-c2csc(NC(=O)c3n[nH]c(=O)c4ccccc34)n2)cc1. The lowest BCUT2D eigenvalue weighted by molar-refractivity contribution is 0.102. The number of anilines is 1. The lowest BCUT2D eigenvalue weighted by Gasteiger charge is -2.05. The molecule has 0 saturated carbocycles. The van der Waals surface area contributed by atoms with Crippen LogP contribution in [0, 0.1) is 0 Å². The standard InChI is InChI=1S/C21H18N4O2S/c1-12(2)13-7-9-14(10-8-13)17-11-28-21(22-17)23-20(27)18-15-5-3-4-6-16(15)19(26)25-24-18/h3-12H,1-2H3,(H,25,26)(H,22,23,27). The van der Waals surface area contributed by atoms with Gasteiger partial charge in [-0.1, -0.05) is 56.3 Å². The molecule has 2 heterocycles. The van der Waals surface area contributed by atoms with Crippen LogP contribution in [0.4, 0.5) is 5.13 Å². The number of aromatic amines is 1. The summed E-state index contributed by atoms with van der Waals surface area (Å²) in [5, 5.41) is 12.4. The normalized spacial score (nSPS) is 11.1. The summed E-state index contributed by atoms with van der Waals surface area (Å²) < 4.78 is 0. The molecule has 0 radical (unpaired) electrons. The highest BCUT2D eigenvalue weighted by atomic mass is 32.1. The van der Waals surface area contributed by atoms with Crippen LogP contribution in [0.5, 0.6) is 0 Å². The van der Waals surface area contributed by atoms with Gasteiger partial charge in [-0.05, 0) is 17.5 Å². The van der Waals surface area contributed by atoms with Gasteiger partial charge in [0.15, 0.2) is 10.8 Å². The maximum absolute atomic E-state index is 12.7. The number of nitrogens with zero attached hydrogens (tertiary/aromatic N) is 2. The number of aromatic nitrogens is 3. The molecule has 0 saturated heterocycles. The van der Waals surface area contributed by atoms with Gasteiger partial charge in [0.2, 0.25) is 0 Å². The monoisotopic (exact) mass is 390 g/mol. The van der Waals surface area contributed by atoms with Crippen molar-refractivity contribution in [3.05, 3.63) is 75.5 Å². The number of fused-ring (bicyclic) bond motifs is 1.